The highest BCUT2D eigenvalue weighted by Crippen LogP contribution is 2.42. The lowest BCUT2D eigenvalue weighted by atomic mass is 10.2. The van der Waals surface area contributed by atoms with Crippen molar-refractivity contribution in [3.8, 4) is 0 Å². The highest BCUT2D eigenvalue weighted by Gasteiger charge is 2.23. The SMILES string of the molecule is CN(C)c1c([N+](=O)[O-])cc(Cl)c2nc(N)sc12. The molecule has 8 heteroatoms. The third kappa shape index (κ3) is 1.87. The number of nitrogens with two attached hydrogens (primary N) is 1. The maximum Gasteiger partial charge on any atom is 0.295 e. The standard InChI is InChI=1S/C9H9ClN4O2S/c1-13(2)7-5(14(15)16)3-4(10)6-8(7)17-9(11)12-6/h3H,1-2H3,(H2,11,12). The van der Waals surface area contributed by atoms with Crippen LogP contribution in [0.1, 0.15) is 0 Å². The molecule has 90 valence electrons. The van der Waals surface area contributed by atoms with E-state index in [0.717, 1.165) is 0 Å². The van der Waals surface area contributed by atoms with E-state index in [4.69, 9.17) is 17.3 Å². The summed E-state index contributed by atoms with van der Waals surface area (Å²) in [5.41, 5.74) is 6.55. The van der Waals surface area contributed by atoms with Gasteiger partial charge in [-0.15, -0.1) is 0 Å². The summed E-state index contributed by atoms with van der Waals surface area (Å²) >= 11 is 7.15. The van der Waals surface area contributed by atoms with Crippen molar-refractivity contribution in [3.63, 3.8) is 0 Å². The molecule has 0 unspecified atom stereocenters. The van der Waals surface area contributed by atoms with E-state index in [1.165, 1.54) is 17.4 Å². The number of thiazole rings is 1. The minimum Gasteiger partial charge on any atom is -0.375 e. The number of nitro benzene ring substituents is 1. The number of nitrogen functional groups attached to an aromatic ring is 1. The third-order valence-corrected chi connectivity index (χ3v) is 3.41. The lowest BCUT2D eigenvalue weighted by Gasteiger charge is -2.13. The molecule has 0 saturated carbocycles. The number of hydrogen-bond donors (Lipinski definition) is 1. The zero-order valence-electron chi connectivity index (χ0n) is 9.10. The second-order valence-corrected chi connectivity index (χ2v) is 5.05. The summed E-state index contributed by atoms with van der Waals surface area (Å²) in [6.07, 6.45) is 0. The normalized spacial score (nSPS) is 10.8. The Bertz CT molecular complexity index is 611. The van der Waals surface area contributed by atoms with Gasteiger partial charge in [-0.05, 0) is 0 Å². The van der Waals surface area contributed by atoms with Crippen molar-refractivity contribution in [2.24, 2.45) is 0 Å². The molecule has 1 aromatic carbocycles. The maximum atomic E-state index is 11.0. The molecule has 0 aliphatic rings. The van der Waals surface area contributed by atoms with Gasteiger partial charge in [0.2, 0.25) is 0 Å². The second kappa shape index (κ2) is 4.01. The minimum absolute atomic E-state index is 0.0452. The molecule has 0 amide bonds. The molecule has 0 aliphatic carbocycles. The monoisotopic (exact) mass is 272 g/mol. The fraction of sp³-hybridized carbons (Fsp3) is 0.222. The van der Waals surface area contributed by atoms with Gasteiger partial charge in [-0.2, -0.15) is 0 Å². The van der Waals surface area contributed by atoms with Crippen LogP contribution in [0.15, 0.2) is 6.07 Å². The second-order valence-electron chi connectivity index (χ2n) is 3.61. The van der Waals surface area contributed by atoms with Gasteiger partial charge in [-0.1, -0.05) is 22.9 Å². The first-order valence-electron chi connectivity index (χ1n) is 4.62. The van der Waals surface area contributed by atoms with Crippen molar-refractivity contribution in [2.75, 3.05) is 24.7 Å². The van der Waals surface area contributed by atoms with Gasteiger partial charge in [0.15, 0.2) is 5.13 Å². The van der Waals surface area contributed by atoms with Crippen LogP contribution in [0.3, 0.4) is 0 Å². The van der Waals surface area contributed by atoms with Crippen LogP contribution in [-0.2, 0) is 0 Å². The average molecular weight is 273 g/mol. The Hall–Kier alpha value is -1.60. The van der Waals surface area contributed by atoms with Gasteiger partial charge in [-0.25, -0.2) is 4.98 Å². The number of rotatable bonds is 2. The molecule has 0 saturated heterocycles. The van der Waals surface area contributed by atoms with E-state index in [1.54, 1.807) is 19.0 Å². The first-order valence-corrected chi connectivity index (χ1v) is 5.81. The van der Waals surface area contributed by atoms with Crippen molar-refractivity contribution < 1.29 is 4.92 Å². The number of hydrogen-bond acceptors (Lipinski definition) is 6. The predicted molar refractivity (Wildman–Crippen MR) is 70.0 cm³/mol. The molecule has 0 atom stereocenters. The summed E-state index contributed by atoms with van der Waals surface area (Å²) in [5, 5.41) is 11.6. The lowest BCUT2D eigenvalue weighted by Crippen LogP contribution is -2.11. The van der Waals surface area contributed by atoms with Gasteiger partial charge in [0, 0.05) is 20.2 Å². The van der Waals surface area contributed by atoms with Crippen molar-refractivity contribution in [1.29, 1.82) is 0 Å². The van der Waals surface area contributed by atoms with Gasteiger partial charge in [0.1, 0.15) is 11.2 Å². The summed E-state index contributed by atoms with van der Waals surface area (Å²) in [6, 6.07) is 1.30. The molecule has 0 spiro atoms. The molecule has 17 heavy (non-hydrogen) atoms. The fourth-order valence-corrected chi connectivity index (χ4v) is 2.88. The minimum atomic E-state index is -0.462. The van der Waals surface area contributed by atoms with Crippen molar-refractivity contribution >= 4 is 49.7 Å². The average Bonchev–Trinajstić information content (AvgIpc) is 2.58. The van der Waals surface area contributed by atoms with E-state index in [9.17, 15) is 10.1 Å². The molecule has 2 N–H and O–H groups in total. The molecule has 6 nitrogen and oxygen atoms in total. The largest absolute Gasteiger partial charge is 0.375 e. The molecule has 2 rings (SSSR count). The van der Waals surface area contributed by atoms with Crippen LogP contribution >= 0.6 is 22.9 Å². The lowest BCUT2D eigenvalue weighted by molar-refractivity contribution is -0.384. The van der Waals surface area contributed by atoms with Gasteiger partial charge < -0.3 is 10.6 Å². The van der Waals surface area contributed by atoms with Crippen LogP contribution in [-0.4, -0.2) is 24.0 Å². The Morgan fingerprint density at radius 1 is 1.59 bits per heavy atom. The van der Waals surface area contributed by atoms with Gasteiger partial charge >= 0.3 is 0 Å². The van der Waals surface area contributed by atoms with E-state index in [-0.39, 0.29) is 10.7 Å². The van der Waals surface area contributed by atoms with Crippen LogP contribution < -0.4 is 10.6 Å². The number of nitro groups is 1. The molecule has 0 bridgehead atoms. The van der Waals surface area contributed by atoms with E-state index in [1.807, 2.05) is 0 Å². The van der Waals surface area contributed by atoms with Crippen LogP contribution in [0.25, 0.3) is 10.2 Å². The Kier molecular flexibility index (Phi) is 2.80. The van der Waals surface area contributed by atoms with E-state index >= 15 is 0 Å². The Morgan fingerprint density at radius 3 is 2.76 bits per heavy atom. The van der Waals surface area contributed by atoms with Crippen LogP contribution in [0.5, 0.6) is 0 Å². The number of halogens is 1. The number of fused-ring (bicyclic) bond motifs is 1. The highest BCUT2D eigenvalue weighted by atomic mass is 35.5. The Balaban J connectivity index is 2.92. The van der Waals surface area contributed by atoms with E-state index in [2.05, 4.69) is 4.98 Å². The quantitative estimate of drug-likeness (QED) is 0.670. The van der Waals surface area contributed by atoms with Crippen molar-refractivity contribution in [1.82, 2.24) is 4.98 Å². The van der Waals surface area contributed by atoms with Crippen LogP contribution in [0.2, 0.25) is 5.02 Å². The highest BCUT2D eigenvalue weighted by molar-refractivity contribution is 7.22. The van der Waals surface area contributed by atoms with Crippen LogP contribution in [0, 0.1) is 10.1 Å². The zero-order chi connectivity index (χ0) is 12.7. The number of nitrogens with zero attached hydrogens (tertiary/aromatic N) is 3. The van der Waals surface area contributed by atoms with Crippen molar-refractivity contribution in [2.45, 2.75) is 0 Å². The molecule has 0 aliphatic heterocycles. The van der Waals surface area contributed by atoms with Crippen molar-refractivity contribution in [3.05, 3.63) is 21.2 Å². The summed E-state index contributed by atoms with van der Waals surface area (Å²) in [7, 11) is 3.46. The molecule has 1 aromatic heterocycles. The number of aromatic nitrogens is 1. The summed E-state index contributed by atoms with van der Waals surface area (Å²) in [5.74, 6) is 0. The first kappa shape index (κ1) is 11.9. The molecule has 1 heterocycles. The Morgan fingerprint density at radius 2 is 2.24 bits per heavy atom. The predicted octanol–water partition coefficient (Wildman–Crippen LogP) is 2.51. The molecular formula is C9H9ClN4O2S. The topological polar surface area (TPSA) is 85.3 Å². The first-order chi connectivity index (χ1) is 7.91. The van der Waals surface area contributed by atoms with E-state index < -0.39 is 4.92 Å². The molecule has 0 fully saturated rings. The van der Waals surface area contributed by atoms with Gasteiger partial charge in [0.25, 0.3) is 5.69 Å². The summed E-state index contributed by atoms with van der Waals surface area (Å²) in [6.45, 7) is 0. The van der Waals surface area contributed by atoms with Crippen LogP contribution in [0.4, 0.5) is 16.5 Å². The summed E-state index contributed by atoms with van der Waals surface area (Å²) in [4.78, 5) is 16.3. The maximum absolute atomic E-state index is 11.0. The van der Waals surface area contributed by atoms with Gasteiger partial charge in [0.05, 0.1) is 14.6 Å². The van der Waals surface area contributed by atoms with E-state index in [0.29, 0.717) is 21.0 Å². The number of benzene rings is 1. The Labute approximate surface area is 106 Å². The third-order valence-electron chi connectivity index (χ3n) is 2.23. The van der Waals surface area contributed by atoms with Gasteiger partial charge in [-0.3, -0.25) is 10.1 Å². The molecule has 0 radical (unpaired) electrons. The summed E-state index contributed by atoms with van der Waals surface area (Å²) < 4.78 is 0.631. The fourth-order valence-electron chi connectivity index (χ4n) is 1.60. The zero-order valence-corrected chi connectivity index (χ0v) is 10.7. The smallest absolute Gasteiger partial charge is 0.295 e. The number of anilines is 2. The molecule has 2 aromatic rings. The molecular weight excluding hydrogens is 264 g/mol.